The molecule has 3 aromatic rings. The van der Waals surface area contributed by atoms with Gasteiger partial charge in [-0.15, -0.1) is 0 Å². The topological polar surface area (TPSA) is 55.6 Å². The summed E-state index contributed by atoms with van der Waals surface area (Å²) in [6.07, 6.45) is 7.19. The lowest BCUT2D eigenvalue weighted by Crippen LogP contribution is -2.19. The molecule has 0 aliphatic heterocycles. The number of fused-ring (bicyclic) bond motifs is 1. The molecule has 0 spiro atoms. The number of nitrogens with one attached hydrogen (secondary N) is 1. The normalized spacial score (nSPS) is 16.5. The minimum Gasteiger partial charge on any atom is -0.368 e. The molecule has 0 bridgehead atoms. The Morgan fingerprint density at radius 2 is 2.08 bits per heavy atom. The highest BCUT2D eigenvalue weighted by molar-refractivity contribution is 5.39. The summed E-state index contributed by atoms with van der Waals surface area (Å²) >= 11 is 0. The first-order valence-electron chi connectivity index (χ1n) is 8.88. The predicted octanol–water partition coefficient (Wildman–Crippen LogP) is 3.81. The third-order valence-electron chi connectivity index (χ3n) is 4.87. The lowest BCUT2D eigenvalue weighted by molar-refractivity contribution is 0.571. The van der Waals surface area contributed by atoms with Gasteiger partial charge in [0.2, 0.25) is 0 Å². The van der Waals surface area contributed by atoms with Gasteiger partial charge in [-0.2, -0.15) is 5.10 Å². The summed E-state index contributed by atoms with van der Waals surface area (Å²) in [5.74, 6) is 2.08. The van der Waals surface area contributed by atoms with Crippen molar-refractivity contribution in [2.24, 2.45) is 0 Å². The van der Waals surface area contributed by atoms with Gasteiger partial charge in [-0.25, -0.2) is 9.67 Å². The van der Waals surface area contributed by atoms with Crippen LogP contribution in [-0.2, 0) is 6.42 Å². The number of nitrogens with zero attached hydrogens (tertiary/aromatic N) is 4. The fourth-order valence-corrected chi connectivity index (χ4v) is 3.70. The van der Waals surface area contributed by atoms with Crippen LogP contribution in [0.15, 0.2) is 42.7 Å². The van der Waals surface area contributed by atoms with E-state index in [2.05, 4.69) is 44.6 Å². The van der Waals surface area contributed by atoms with Crippen molar-refractivity contribution in [3.05, 3.63) is 65.2 Å². The summed E-state index contributed by atoms with van der Waals surface area (Å²) in [6, 6.07) is 10.8. The van der Waals surface area contributed by atoms with Crippen molar-refractivity contribution >= 4 is 5.82 Å². The number of aryl methyl sites for hydroxylation is 3. The second kappa shape index (κ2) is 6.67. The molecule has 2 heterocycles. The van der Waals surface area contributed by atoms with Crippen molar-refractivity contribution in [3.8, 4) is 5.82 Å². The number of benzene rings is 1. The number of hydrogen-bond acceptors (Lipinski definition) is 4. The van der Waals surface area contributed by atoms with Gasteiger partial charge in [0.15, 0.2) is 5.82 Å². The molecule has 4 rings (SSSR count). The highest BCUT2D eigenvalue weighted by atomic mass is 15.3. The van der Waals surface area contributed by atoms with E-state index in [4.69, 9.17) is 0 Å². The summed E-state index contributed by atoms with van der Waals surface area (Å²) < 4.78 is 1.84. The smallest absolute Gasteiger partial charge is 0.174 e. The molecule has 0 saturated heterocycles. The quantitative estimate of drug-likeness (QED) is 0.789. The van der Waals surface area contributed by atoms with E-state index in [1.54, 1.807) is 12.4 Å². The molecule has 128 valence electrons. The van der Waals surface area contributed by atoms with Crippen LogP contribution in [0.25, 0.3) is 5.82 Å². The molecule has 25 heavy (non-hydrogen) atoms. The van der Waals surface area contributed by atoms with Crippen molar-refractivity contribution < 1.29 is 0 Å². The van der Waals surface area contributed by atoms with Gasteiger partial charge in [0.1, 0.15) is 5.82 Å². The minimum absolute atomic E-state index is 0.532. The van der Waals surface area contributed by atoms with E-state index in [9.17, 15) is 0 Å². The Morgan fingerprint density at radius 3 is 2.92 bits per heavy atom. The van der Waals surface area contributed by atoms with Crippen molar-refractivity contribution in [1.82, 2.24) is 19.7 Å². The number of anilines is 1. The largest absolute Gasteiger partial charge is 0.368 e. The predicted molar refractivity (Wildman–Crippen MR) is 99.2 cm³/mol. The molecule has 5 heteroatoms. The maximum Gasteiger partial charge on any atom is 0.174 e. The van der Waals surface area contributed by atoms with Crippen LogP contribution in [-0.4, -0.2) is 26.3 Å². The number of aromatic nitrogens is 4. The van der Waals surface area contributed by atoms with E-state index >= 15 is 0 Å². The fraction of sp³-hybridized carbons (Fsp3) is 0.350. The Morgan fingerprint density at radius 1 is 1.20 bits per heavy atom. The van der Waals surface area contributed by atoms with Crippen LogP contribution in [0.3, 0.4) is 0 Å². The van der Waals surface area contributed by atoms with Gasteiger partial charge in [0, 0.05) is 18.2 Å². The van der Waals surface area contributed by atoms with Gasteiger partial charge in [0.25, 0.3) is 0 Å². The Labute approximate surface area is 148 Å². The van der Waals surface area contributed by atoms with Crippen LogP contribution in [0.4, 0.5) is 5.82 Å². The lowest BCUT2D eigenvalue weighted by Gasteiger charge is -2.25. The van der Waals surface area contributed by atoms with Gasteiger partial charge < -0.3 is 5.32 Å². The molecule has 1 atom stereocenters. The second-order valence-electron chi connectivity index (χ2n) is 6.77. The van der Waals surface area contributed by atoms with E-state index in [1.165, 1.54) is 30.4 Å². The Hall–Kier alpha value is -2.69. The molecule has 1 aliphatic rings. The number of rotatable bonds is 4. The highest BCUT2D eigenvalue weighted by Gasteiger charge is 2.19. The van der Waals surface area contributed by atoms with Crippen LogP contribution in [0, 0.1) is 13.8 Å². The Kier molecular flexibility index (Phi) is 4.22. The maximum absolute atomic E-state index is 4.68. The molecule has 0 radical (unpaired) electrons. The third kappa shape index (κ3) is 3.27. The van der Waals surface area contributed by atoms with Crippen LogP contribution >= 0.6 is 0 Å². The van der Waals surface area contributed by atoms with E-state index in [0.29, 0.717) is 5.92 Å². The van der Waals surface area contributed by atoms with Gasteiger partial charge in [-0.1, -0.05) is 24.3 Å². The zero-order valence-electron chi connectivity index (χ0n) is 14.7. The van der Waals surface area contributed by atoms with Gasteiger partial charge in [-0.3, -0.25) is 4.98 Å². The Bertz CT molecular complexity index is 883. The van der Waals surface area contributed by atoms with Crippen molar-refractivity contribution in [3.63, 3.8) is 0 Å². The SMILES string of the molecule is Cc1cc(C)n(-c2cncc(NC[C@@H]3CCCc4ccccc43)n2)n1. The molecule has 2 aromatic heterocycles. The van der Waals surface area contributed by atoms with Crippen LogP contribution < -0.4 is 5.32 Å². The van der Waals surface area contributed by atoms with Crippen molar-refractivity contribution in [2.45, 2.75) is 39.0 Å². The highest BCUT2D eigenvalue weighted by Crippen LogP contribution is 2.31. The average Bonchev–Trinajstić information content (AvgIpc) is 2.98. The van der Waals surface area contributed by atoms with Gasteiger partial charge in [0.05, 0.1) is 18.1 Å². The standard InChI is InChI=1S/C20H23N5/c1-14-10-15(2)25(24-14)20-13-21-12-19(23-20)22-11-17-8-5-7-16-6-3-4-9-18(16)17/h3-4,6,9-10,12-13,17H,5,7-8,11H2,1-2H3,(H,22,23)/t17-/m0/s1. The third-order valence-corrected chi connectivity index (χ3v) is 4.87. The van der Waals surface area contributed by atoms with Crippen LogP contribution in [0.5, 0.6) is 0 Å². The summed E-state index contributed by atoms with van der Waals surface area (Å²) in [5, 5.41) is 7.96. The monoisotopic (exact) mass is 333 g/mol. The van der Waals surface area contributed by atoms with E-state index < -0.39 is 0 Å². The summed E-state index contributed by atoms with van der Waals surface area (Å²) in [5.41, 5.74) is 5.01. The summed E-state index contributed by atoms with van der Waals surface area (Å²) in [4.78, 5) is 9.02. The molecule has 1 N–H and O–H groups in total. The van der Waals surface area contributed by atoms with Crippen LogP contribution in [0.2, 0.25) is 0 Å². The molecular formula is C20H23N5. The molecule has 0 saturated carbocycles. The van der Waals surface area contributed by atoms with Crippen molar-refractivity contribution in [1.29, 1.82) is 0 Å². The zero-order chi connectivity index (χ0) is 17.2. The van der Waals surface area contributed by atoms with E-state index in [-0.39, 0.29) is 0 Å². The molecule has 0 unspecified atom stereocenters. The first-order chi connectivity index (χ1) is 12.2. The van der Waals surface area contributed by atoms with Crippen LogP contribution in [0.1, 0.15) is 41.3 Å². The first kappa shape index (κ1) is 15.8. The average molecular weight is 333 g/mol. The molecule has 0 amide bonds. The molecule has 0 fully saturated rings. The molecule has 1 aromatic carbocycles. The fourth-order valence-electron chi connectivity index (χ4n) is 3.70. The van der Waals surface area contributed by atoms with E-state index in [1.807, 2.05) is 24.6 Å². The van der Waals surface area contributed by atoms with Gasteiger partial charge >= 0.3 is 0 Å². The minimum atomic E-state index is 0.532. The molecule has 5 nitrogen and oxygen atoms in total. The summed E-state index contributed by atoms with van der Waals surface area (Å²) in [7, 11) is 0. The van der Waals surface area contributed by atoms with Crippen molar-refractivity contribution in [2.75, 3.05) is 11.9 Å². The zero-order valence-corrected chi connectivity index (χ0v) is 14.7. The molecule has 1 aliphatic carbocycles. The first-order valence-corrected chi connectivity index (χ1v) is 8.88. The number of hydrogen-bond donors (Lipinski definition) is 1. The lowest BCUT2D eigenvalue weighted by atomic mass is 9.83. The van der Waals surface area contributed by atoms with E-state index in [0.717, 1.165) is 29.6 Å². The summed E-state index contributed by atoms with van der Waals surface area (Å²) in [6.45, 7) is 4.90. The maximum atomic E-state index is 4.68. The Balaban J connectivity index is 1.51. The molecular weight excluding hydrogens is 310 g/mol. The van der Waals surface area contributed by atoms with Gasteiger partial charge in [-0.05, 0) is 50.3 Å². The second-order valence-corrected chi connectivity index (χ2v) is 6.77.